The molecule has 2 rings (SSSR count). The number of non-ortho nitro benzene ring substituents is 1. The van der Waals surface area contributed by atoms with Crippen molar-refractivity contribution < 1.29 is 17.7 Å². The van der Waals surface area contributed by atoms with Gasteiger partial charge in [-0.25, -0.2) is 17.5 Å². The van der Waals surface area contributed by atoms with Gasteiger partial charge in [0, 0.05) is 29.9 Å². The summed E-state index contributed by atoms with van der Waals surface area (Å²) in [5, 5.41) is 17.0. The van der Waals surface area contributed by atoms with E-state index in [0.29, 0.717) is 17.3 Å². The summed E-state index contributed by atoms with van der Waals surface area (Å²) in [7, 11) is -4.21. The van der Waals surface area contributed by atoms with Crippen LogP contribution in [0.2, 0.25) is 0 Å². The van der Waals surface area contributed by atoms with E-state index in [1.807, 2.05) is 0 Å². The molecule has 0 saturated carbocycles. The highest BCUT2D eigenvalue weighted by Crippen LogP contribution is 2.21. The van der Waals surface area contributed by atoms with Crippen LogP contribution in [0.4, 0.5) is 10.1 Å². The predicted molar refractivity (Wildman–Crippen MR) is 70.4 cm³/mol. The SMILES string of the molecule is Cc1[nH]ncc1CNS(=O)(=O)c1cc([N+](=O)[O-])ccc1F. The van der Waals surface area contributed by atoms with Crippen molar-refractivity contribution in [2.24, 2.45) is 0 Å². The van der Waals surface area contributed by atoms with Gasteiger partial charge in [-0.05, 0) is 13.0 Å². The zero-order chi connectivity index (χ0) is 15.6. The Labute approximate surface area is 119 Å². The smallest absolute Gasteiger partial charge is 0.270 e. The number of hydrogen-bond acceptors (Lipinski definition) is 5. The number of rotatable bonds is 5. The maximum atomic E-state index is 13.6. The van der Waals surface area contributed by atoms with Crippen LogP contribution in [0.25, 0.3) is 0 Å². The molecule has 0 aliphatic heterocycles. The van der Waals surface area contributed by atoms with E-state index in [4.69, 9.17) is 0 Å². The van der Waals surface area contributed by atoms with Crippen molar-refractivity contribution in [3.63, 3.8) is 0 Å². The number of H-pyrrole nitrogens is 1. The van der Waals surface area contributed by atoms with Crippen LogP contribution in [0.15, 0.2) is 29.3 Å². The van der Waals surface area contributed by atoms with Crippen molar-refractivity contribution in [2.75, 3.05) is 0 Å². The molecule has 1 aromatic heterocycles. The van der Waals surface area contributed by atoms with E-state index >= 15 is 0 Å². The van der Waals surface area contributed by atoms with Gasteiger partial charge in [0.25, 0.3) is 5.69 Å². The lowest BCUT2D eigenvalue weighted by molar-refractivity contribution is -0.385. The van der Waals surface area contributed by atoms with Gasteiger partial charge in [-0.15, -0.1) is 0 Å². The molecule has 8 nitrogen and oxygen atoms in total. The fourth-order valence-corrected chi connectivity index (χ4v) is 2.72. The molecular formula is C11H11FN4O4S. The van der Waals surface area contributed by atoms with Gasteiger partial charge >= 0.3 is 0 Å². The van der Waals surface area contributed by atoms with Crippen molar-refractivity contribution in [3.8, 4) is 0 Å². The van der Waals surface area contributed by atoms with Crippen LogP contribution in [0.1, 0.15) is 11.3 Å². The molecule has 0 bridgehead atoms. The largest absolute Gasteiger partial charge is 0.283 e. The lowest BCUT2D eigenvalue weighted by atomic mass is 10.3. The Morgan fingerprint density at radius 2 is 2.19 bits per heavy atom. The summed E-state index contributed by atoms with van der Waals surface area (Å²) in [5.41, 5.74) is 0.748. The third-order valence-corrected chi connectivity index (χ3v) is 4.22. The molecule has 1 heterocycles. The number of aryl methyl sites for hydroxylation is 1. The standard InChI is InChI=1S/C11H11FN4O4S/c1-7-8(5-13-15-7)6-14-21(19,20)11-4-9(16(17)18)2-3-10(11)12/h2-5,14H,6H2,1H3,(H,13,15). The minimum atomic E-state index is -4.21. The van der Waals surface area contributed by atoms with Crippen molar-refractivity contribution in [1.29, 1.82) is 0 Å². The second-order valence-corrected chi connectivity index (χ2v) is 5.95. The first-order valence-electron chi connectivity index (χ1n) is 5.73. The molecule has 0 spiro atoms. The Bertz CT molecular complexity index is 787. The van der Waals surface area contributed by atoms with Gasteiger partial charge in [-0.2, -0.15) is 5.10 Å². The second-order valence-electron chi connectivity index (χ2n) is 4.22. The van der Waals surface area contributed by atoms with E-state index in [0.717, 1.165) is 12.1 Å². The summed E-state index contributed by atoms with van der Waals surface area (Å²) in [4.78, 5) is 9.08. The summed E-state index contributed by atoms with van der Waals surface area (Å²) in [6.07, 6.45) is 1.43. The number of aromatic nitrogens is 2. The third kappa shape index (κ3) is 3.23. The van der Waals surface area contributed by atoms with E-state index in [9.17, 15) is 22.9 Å². The molecule has 0 fully saturated rings. The topological polar surface area (TPSA) is 118 Å². The third-order valence-electron chi connectivity index (χ3n) is 2.80. The molecule has 1 aromatic carbocycles. The van der Waals surface area contributed by atoms with Gasteiger partial charge in [0.2, 0.25) is 10.0 Å². The van der Waals surface area contributed by atoms with E-state index in [1.165, 1.54) is 6.20 Å². The molecule has 21 heavy (non-hydrogen) atoms. The quantitative estimate of drug-likeness (QED) is 0.636. The van der Waals surface area contributed by atoms with Gasteiger partial charge in [0.05, 0.1) is 11.1 Å². The fourth-order valence-electron chi connectivity index (χ4n) is 1.62. The number of nitro groups is 1. The number of nitrogens with zero attached hydrogens (tertiary/aromatic N) is 2. The normalized spacial score (nSPS) is 11.5. The average molecular weight is 314 g/mol. The summed E-state index contributed by atoms with van der Waals surface area (Å²) >= 11 is 0. The molecule has 10 heteroatoms. The highest BCUT2D eigenvalue weighted by atomic mass is 32.2. The van der Waals surface area contributed by atoms with Crippen LogP contribution < -0.4 is 4.72 Å². The van der Waals surface area contributed by atoms with Crippen molar-refractivity contribution >= 4 is 15.7 Å². The number of nitro benzene ring substituents is 1. The van der Waals surface area contributed by atoms with Crippen LogP contribution in [-0.2, 0) is 16.6 Å². The monoisotopic (exact) mass is 314 g/mol. The highest BCUT2D eigenvalue weighted by molar-refractivity contribution is 7.89. The molecule has 0 amide bonds. The first kappa shape index (κ1) is 15.1. The second kappa shape index (κ2) is 5.58. The van der Waals surface area contributed by atoms with E-state index < -0.39 is 31.3 Å². The van der Waals surface area contributed by atoms with Crippen molar-refractivity contribution in [1.82, 2.24) is 14.9 Å². The Morgan fingerprint density at radius 1 is 1.48 bits per heavy atom. The van der Waals surface area contributed by atoms with Crippen molar-refractivity contribution in [3.05, 3.63) is 51.6 Å². The molecule has 0 radical (unpaired) electrons. The molecule has 0 saturated heterocycles. The summed E-state index contributed by atoms with van der Waals surface area (Å²) in [6, 6.07) is 2.32. The van der Waals surface area contributed by atoms with Gasteiger partial charge < -0.3 is 0 Å². The maximum Gasteiger partial charge on any atom is 0.270 e. The van der Waals surface area contributed by atoms with Crippen molar-refractivity contribution in [2.45, 2.75) is 18.4 Å². The molecule has 2 aromatic rings. The number of hydrogen-bond donors (Lipinski definition) is 2. The van der Waals surface area contributed by atoms with E-state index in [-0.39, 0.29) is 6.54 Å². The zero-order valence-electron chi connectivity index (χ0n) is 10.8. The number of benzene rings is 1. The lowest BCUT2D eigenvalue weighted by Gasteiger charge is -2.07. The molecule has 112 valence electrons. The lowest BCUT2D eigenvalue weighted by Crippen LogP contribution is -2.24. The number of halogens is 1. The first-order valence-corrected chi connectivity index (χ1v) is 7.22. The van der Waals surface area contributed by atoms with Crippen LogP contribution in [0, 0.1) is 22.9 Å². The minimum absolute atomic E-state index is 0.104. The Balaban J connectivity index is 2.29. The van der Waals surface area contributed by atoms with Gasteiger partial charge in [-0.1, -0.05) is 0 Å². The number of sulfonamides is 1. The minimum Gasteiger partial charge on any atom is -0.283 e. The van der Waals surface area contributed by atoms with Gasteiger partial charge in [0.1, 0.15) is 10.7 Å². The maximum absolute atomic E-state index is 13.6. The number of nitrogens with one attached hydrogen (secondary N) is 2. The molecule has 0 aliphatic rings. The molecule has 2 N–H and O–H groups in total. The summed E-state index contributed by atoms with van der Waals surface area (Å²) < 4.78 is 39.8. The Hall–Kier alpha value is -2.33. The van der Waals surface area contributed by atoms with Crippen LogP contribution >= 0.6 is 0 Å². The summed E-state index contributed by atoms with van der Waals surface area (Å²) in [6.45, 7) is 1.59. The molecule has 0 unspecified atom stereocenters. The number of aromatic amines is 1. The first-order chi connectivity index (χ1) is 9.81. The fraction of sp³-hybridized carbons (Fsp3) is 0.182. The van der Waals surface area contributed by atoms with E-state index in [1.54, 1.807) is 6.92 Å². The molecule has 0 atom stereocenters. The van der Waals surface area contributed by atoms with Crippen LogP contribution in [0.3, 0.4) is 0 Å². The predicted octanol–water partition coefficient (Wildman–Crippen LogP) is 1.24. The molecular weight excluding hydrogens is 303 g/mol. The van der Waals surface area contributed by atoms with Crippen LogP contribution in [-0.4, -0.2) is 23.5 Å². The molecule has 0 aliphatic carbocycles. The summed E-state index contributed by atoms with van der Waals surface area (Å²) in [5.74, 6) is -1.06. The zero-order valence-corrected chi connectivity index (χ0v) is 11.6. The Kier molecular flexibility index (Phi) is 4.00. The van der Waals surface area contributed by atoms with Gasteiger partial charge in [-0.3, -0.25) is 15.2 Å². The van der Waals surface area contributed by atoms with Crippen LogP contribution in [0.5, 0.6) is 0 Å². The average Bonchev–Trinajstić information content (AvgIpc) is 2.82. The van der Waals surface area contributed by atoms with Gasteiger partial charge in [0.15, 0.2) is 0 Å². The highest BCUT2D eigenvalue weighted by Gasteiger charge is 2.22. The van der Waals surface area contributed by atoms with E-state index in [2.05, 4.69) is 14.9 Å². The Morgan fingerprint density at radius 3 is 2.76 bits per heavy atom.